The lowest BCUT2D eigenvalue weighted by Crippen LogP contribution is -3.00. The summed E-state index contributed by atoms with van der Waals surface area (Å²) in [4.78, 5) is 0. The summed E-state index contributed by atoms with van der Waals surface area (Å²) in [6.45, 7) is 4.24. The number of rotatable bonds is 6. The first-order valence-corrected chi connectivity index (χ1v) is 6.96. The van der Waals surface area contributed by atoms with Gasteiger partial charge in [-0.3, -0.25) is 0 Å². The van der Waals surface area contributed by atoms with Gasteiger partial charge in [-0.05, 0) is 19.1 Å². The van der Waals surface area contributed by atoms with Crippen LogP contribution in [0.2, 0.25) is 0 Å². The Morgan fingerprint density at radius 1 is 1.00 bits per heavy atom. The lowest BCUT2D eigenvalue weighted by atomic mass is 10.1. The van der Waals surface area contributed by atoms with E-state index in [-0.39, 0.29) is 24.0 Å². The van der Waals surface area contributed by atoms with E-state index in [4.69, 9.17) is 4.42 Å². The second-order valence-electron chi connectivity index (χ2n) is 5.92. The van der Waals surface area contributed by atoms with E-state index in [2.05, 4.69) is 50.5 Å². The van der Waals surface area contributed by atoms with Gasteiger partial charge in [-0.15, -0.1) is 0 Å². The molecule has 0 aliphatic rings. The van der Waals surface area contributed by atoms with Crippen molar-refractivity contribution in [2.45, 2.75) is 26.3 Å². The van der Waals surface area contributed by atoms with Crippen molar-refractivity contribution < 1.29 is 32.9 Å². The average Bonchev–Trinajstić information content (AvgIpc) is 2.75. The minimum atomic E-state index is 0. The highest BCUT2D eigenvalue weighted by Gasteiger charge is 2.15. The highest BCUT2D eigenvalue weighted by atomic mass is 127. The van der Waals surface area contributed by atoms with E-state index >= 15 is 0 Å². The van der Waals surface area contributed by atoms with Gasteiger partial charge in [0.1, 0.15) is 18.1 Å². The third kappa shape index (κ3) is 5.67. The van der Waals surface area contributed by atoms with Crippen molar-refractivity contribution in [2.75, 3.05) is 20.6 Å². The average molecular weight is 385 g/mol. The topological polar surface area (TPSA) is 13.1 Å². The predicted octanol–water partition coefficient (Wildman–Crippen LogP) is 0.801. The molecule has 0 spiro atoms. The van der Waals surface area contributed by atoms with Crippen LogP contribution in [-0.4, -0.2) is 25.1 Å². The smallest absolute Gasteiger partial charge is 0.104 e. The second-order valence-corrected chi connectivity index (χ2v) is 5.92. The minimum Gasteiger partial charge on any atom is -1.00 e. The van der Waals surface area contributed by atoms with Crippen LogP contribution in [0.5, 0.6) is 0 Å². The molecule has 3 heteroatoms. The number of halogens is 1. The van der Waals surface area contributed by atoms with E-state index in [1.54, 1.807) is 0 Å². The van der Waals surface area contributed by atoms with Gasteiger partial charge in [0, 0.05) is 18.4 Å². The molecule has 1 aromatic carbocycles. The quantitative estimate of drug-likeness (QED) is 0.530. The molecule has 0 aliphatic heterocycles. The van der Waals surface area contributed by atoms with Crippen LogP contribution in [0.1, 0.15) is 23.5 Å². The number of benzene rings is 1. The van der Waals surface area contributed by atoms with Crippen LogP contribution in [0.25, 0.3) is 0 Å². The SMILES string of the molecule is Cc1ccc(CCC[N+](C)(C)Cc2ccccc2)o1.[I-]. The molecule has 0 amide bonds. The second kappa shape index (κ2) is 7.84. The van der Waals surface area contributed by atoms with Crippen LogP contribution in [0.4, 0.5) is 0 Å². The van der Waals surface area contributed by atoms with Gasteiger partial charge in [-0.1, -0.05) is 30.3 Å². The van der Waals surface area contributed by atoms with E-state index in [1.165, 1.54) is 5.56 Å². The molecule has 0 unspecified atom stereocenters. The van der Waals surface area contributed by atoms with Gasteiger partial charge >= 0.3 is 0 Å². The van der Waals surface area contributed by atoms with E-state index in [1.807, 2.05) is 13.0 Å². The summed E-state index contributed by atoms with van der Waals surface area (Å²) >= 11 is 0. The van der Waals surface area contributed by atoms with Gasteiger partial charge in [0.2, 0.25) is 0 Å². The monoisotopic (exact) mass is 385 g/mol. The molecule has 1 heterocycles. The first kappa shape index (κ1) is 17.2. The van der Waals surface area contributed by atoms with Crippen LogP contribution >= 0.6 is 0 Å². The molecule has 0 bridgehead atoms. The molecule has 0 radical (unpaired) electrons. The fourth-order valence-electron chi connectivity index (χ4n) is 2.46. The van der Waals surface area contributed by atoms with Gasteiger partial charge in [0.15, 0.2) is 0 Å². The Labute approximate surface area is 139 Å². The Balaban J connectivity index is 0.00000200. The lowest BCUT2D eigenvalue weighted by Gasteiger charge is -2.29. The molecular formula is C17H24INO. The summed E-state index contributed by atoms with van der Waals surface area (Å²) in [6, 6.07) is 14.8. The van der Waals surface area contributed by atoms with Crippen molar-refractivity contribution in [1.29, 1.82) is 0 Å². The number of nitrogens with zero attached hydrogens (tertiary/aromatic N) is 1. The molecule has 20 heavy (non-hydrogen) atoms. The zero-order chi connectivity index (χ0) is 13.7. The highest BCUT2D eigenvalue weighted by Crippen LogP contribution is 2.13. The summed E-state index contributed by atoms with van der Waals surface area (Å²) in [5.74, 6) is 2.12. The molecule has 2 aromatic rings. The maximum Gasteiger partial charge on any atom is 0.104 e. The normalized spacial score (nSPS) is 11.2. The van der Waals surface area contributed by atoms with Crippen LogP contribution in [0.15, 0.2) is 46.9 Å². The molecule has 2 rings (SSSR count). The molecule has 0 atom stereocenters. The zero-order valence-corrected chi connectivity index (χ0v) is 14.8. The van der Waals surface area contributed by atoms with Gasteiger partial charge in [0.25, 0.3) is 0 Å². The Morgan fingerprint density at radius 3 is 2.30 bits per heavy atom. The van der Waals surface area contributed by atoms with Crippen LogP contribution in [-0.2, 0) is 13.0 Å². The van der Waals surface area contributed by atoms with Crippen molar-refractivity contribution in [3.63, 3.8) is 0 Å². The van der Waals surface area contributed by atoms with Crippen molar-refractivity contribution in [2.24, 2.45) is 0 Å². The largest absolute Gasteiger partial charge is 1.00 e. The maximum atomic E-state index is 5.61. The van der Waals surface area contributed by atoms with Gasteiger partial charge in [-0.25, -0.2) is 0 Å². The van der Waals surface area contributed by atoms with Crippen LogP contribution in [0.3, 0.4) is 0 Å². The van der Waals surface area contributed by atoms with Crippen LogP contribution in [0, 0.1) is 6.92 Å². The Kier molecular flexibility index (Phi) is 6.76. The van der Waals surface area contributed by atoms with Crippen molar-refractivity contribution in [1.82, 2.24) is 0 Å². The highest BCUT2D eigenvalue weighted by molar-refractivity contribution is 5.13. The molecule has 110 valence electrons. The van der Waals surface area contributed by atoms with Crippen LogP contribution < -0.4 is 24.0 Å². The summed E-state index contributed by atoms with van der Waals surface area (Å²) in [6.07, 6.45) is 2.19. The van der Waals surface area contributed by atoms with Gasteiger partial charge < -0.3 is 32.9 Å². The third-order valence-electron chi connectivity index (χ3n) is 3.44. The molecular weight excluding hydrogens is 361 g/mol. The van der Waals surface area contributed by atoms with E-state index in [0.29, 0.717) is 0 Å². The van der Waals surface area contributed by atoms with Crippen molar-refractivity contribution in [3.05, 3.63) is 59.5 Å². The molecule has 0 fully saturated rings. The number of aryl methyl sites for hydroxylation is 2. The van der Waals surface area contributed by atoms with E-state index < -0.39 is 0 Å². The Hall–Kier alpha value is -0.810. The fraction of sp³-hybridized carbons (Fsp3) is 0.412. The molecule has 0 saturated carbocycles. The van der Waals surface area contributed by atoms with E-state index in [9.17, 15) is 0 Å². The molecule has 2 nitrogen and oxygen atoms in total. The molecule has 0 saturated heterocycles. The first-order valence-electron chi connectivity index (χ1n) is 6.96. The molecule has 1 aromatic heterocycles. The van der Waals surface area contributed by atoms with E-state index in [0.717, 1.165) is 41.9 Å². The number of quaternary nitrogens is 1. The van der Waals surface area contributed by atoms with Gasteiger partial charge in [0.05, 0.1) is 20.6 Å². The van der Waals surface area contributed by atoms with Crippen molar-refractivity contribution in [3.8, 4) is 0 Å². The predicted molar refractivity (Wildman–Crippen MR) is 78.9 cm³/mol. The lowest BCUT2D eigenvalue weighted by molar-refractivity contribution is -0.903. The summed E-state index contributed by atoms with van der Waals surface area (Å²) < 4.78 is 6.63. The number of furan rings is 1. The van der Waals surface area contributed by atoms with Gasteiger partial charge in [-0.2, -0.15) is 0 Å². The maximum absolute atomic E-state index is 5.61. The Bertz CT molecular complexity index is 505. The summed E-state index contributed by atoms with van der Waals surface area (Å²) in [7, 11) is 4.58. The summed E-state index contributed by atoms with van der Waals surface area (Å²) in [5.41, 5.74) is 1.40. The zero-order valence-electron chi connectivity index (χ0n) is 12.6. The van der Waals surface area contributed by atoms with Crippen molar-refractivity contribution >= 4 is 0 Å². The Morgan fingerprint density at radius 2 is 1.70 bits per heavy atom. The number of hydrogen-bond acceptors (Lipinski definition) is 1. The summed E-state index contributed by atoms with van der Waals surface area (Å²) in [5, 5.41) is 0. The minimum absolute atomic E-state index is 0. The fourth-order valence-corrected chi connectivity index (χ4v) is 2.46. The standard InChI is InChI=1S/C17H24NO.HI/c1-15-11-12-17(19-15)10-7-13-18(2,3)14-16-8-5-4-6-9-16;/h4-6,8-9,11-12H,7,10,13-14H2,1-3H3;1H/q+1;/p-1. The number of hydrogen-bond donors (Lipinski definition) is 0. The first-order chi connectivity index (χ1) is 9.05. The molecule has 0 N–H and O–H groups in total. The molecule has 0 aliphatic carbocycles. The third-order valence-corrected chi connectivity index (χ3v) is 3.44.